The number of ether oxygens (including phenoxy) is 1. The Balaban J connectivity index is 1.58. The van der Waals surface area contributed by atoms with Crippen LogP contribution in [0.1, 0.15) is 20.9 Å². The van der Waals surface area contributed by atoms with Crippen molar-refractivity contribution < 1.29 is 13.9 Å². The zero-order valence-corrected chi connectivity index (χ0v) is 13.6. The minimum Gasteiger partial charge on any atom is -0.439 e. The molecule has 7 heteroatoms. The van der Waals surface area contributed by atoms with Crippen molar-refractivity contribution in [3.8, 4) is 11.6 Å². The second-order valence-electron chi connectivity index (χ2n) is 5.01. The second-order valence-corrected chi connectivity index (χ2v) is 5.87. The Bertz CT molecular complexity index is 849. The fourth-order valence-corrected chi connectivity index (χ4v) is 2.73. The Morgan fingerprint density at radius 2 is 2.17 bits per heavy atom. The highest BCUT2D eigenvalue weighted by molar-refractivity contribution is 7.11. The number of pyridine rings is 1. The topological polar surface area (TPSA) is 64.1 Å². The number of rotatable bonds is 5. The van der Waals surface area contributed by atoms with Crippen molar-refractivity contribution in [1.82, 2.24) is 15.3 Å². The molecule has 0 aliphatic heterocycles. The maximum atomic E-state index is 13.1. The van der Waals surface area contributed by atoms with E-state index in [1.165, 1.54) is 23.5 Å². The van der Waals surface area contributed by atoms with Gasteiger partial charge in [0.15, 0.2) is 0 Å². The molecule has 3 aromatic rings. The van der Waals surface area contributed by atoms with Gasteiger partial charge in [-0.25, -0.2) is 14.4 Å². The first-order valence-corrected chi connectivity index (χ1v) is 8.06. The van der Waals surface area contributed by atoms with Crippen LogP contribution in [0.15, 0.2) is 48.1 Å². The van der Waals surface area contributed by atoms with Crippen molar-refractivity contribution in [3.05, 3.63) is 70.1 Å². The molecule has 5 nitrogen and oxygen atoms in total. The smallest absolute Gasteiger partial charge is 0.263 e. The quantitative estimate of drug-likeness (QED) is 0.767. The molecular formula is C17H14FN3O2S. The first kappa shape index (κ1) is 16.1. The number of nitrogens with zero attached hydrogens (tertiary/aromatic N) is 2. The van der Waals surface area contributed by atoms with E-state index in [1.807, 2.05) is 0 Å². The molecule has 0 aliphatic carbocycles. The summed E-state index contributed by atoms with van der Waals surface area (Å²) in [5, 5.41) is 2.82. The molecule has 0 fully saturated rings. The van der Waals surface area contributed by atoms with Gasteiger partial charge in [-0.15, -0.1) is 11.3 Å². The highest BCUT2D eigenvalue weighted by atomic mass is 32.1. The molecule has 0 aliphatic rings. The maximum absolute atomic E-state index is 13.1. The van der Waals surface area contributed by atoms with Crippen molar-refractivity contribution in [3.63, 3.8) is 0 Å². The molecular weight excluding hydrogens is 329 g/mol. The predicted molar refractivity (Wildman–Crippen MR) is 88.7 cm³/mol. The van der Waals surface area contributed by atoms with Crippen LogP contribution in [0.5, 0.6) is 11.6 Å². The number of carbonyl (C=O) groups is 1. The minimum atomic E-state index is -0.370. The molecule has 0 radical (unpaired) electrons. The lowest BCUT2D eigenvalue weighted by Gasteiger charge is -2.07. The lowest BCUT2D eigenvalue weighted by atomic mass is 10.2. The fraction of sp³-hybridized carbons (Fsp3) is 0.118. The van der Waals surface area contributed by atoms with Crippen LogP contribution in [-0.4, -0.2) is 15.9 Å². The standard InChI is InChI=1S/C17H14FN3O2S/c1-11-16(24-10-21-11)17(22)20-9-12-5-6-15(19-8-12)23-14-4-2-3-13(18)7-14/h2-8,10H,9H2,1H3,(H,20,22). The molecule has 0 bridgehead atoms. The van der Waals surface area contributed by atoms with Gasteiger partial charge in [-0.1, -0.05) is 12.1 Å². The summed E-state index contributed by atoms with van der Waals surface area (Å²) in [5.74, 6) is 0.207. The fourth-order valence-electron chi connectivity index (χ4n) is 2.01. The number of carbonyl (C=O) groups excluding carboxylic acids is 1. The first-order valence-electron chi connectivity index (χ1n) is 7.18. The normalized spacial score (nSPS) is 10.4. The molecule has 3 rings (SSSR count). The molecule has 1 N–H and O–H groups in total. The van der Waals surface area contributed by atoms with Gasteiger partial charge in [0.1, 0.15) is 16.4 Å². The van der Waals surface area contributed by atoms with Gasteiger partial charge in [0, 0.05) is 24.9 Å². The number of thiazole rings is 1. The van der Waals surface area contributed by atoms with Crippen molar-refractivity contribution in [2.75, 3.05) is 0 Å². The Morgan fingerprint density at radius 1 is 1.29 bits per heavy atom. The molecule has 0 saturated carbocycles. The summed E-state index contributed by atoms with van der Waals surface area (Å²) in [6.07, 6.45) is 1.61. The lowest BCUT2D eigenvalue weighted by molar-refractivity contribution is 0.0954. The van der Waals surface area contributed by atoms with Crippen LogP contribution in [0.3, 0.4) is 0 Å². The van der Waals surface area contributed by atoms with Gasteiger partial charge in [0.05, 0.1) is 11.2 Å². The van der Waals surface area contributed by atoms with Crippen molar-refractivity contribution >= 4 is 17.2 Å². The van der Waals surface area contributed by atoms with Crippen molar-refractivity contribution in [1.29, 1.82) is 0 Å². The number of aryl methyl sites for hydroxylation is 1. The molecule has 1 amide bonds. The van der Waals surface area contributed by atoms with Gasteiger partial charge in [0.2, 0.25) is 5.88 Å². The van der Waals surface area contributed by atoms with Crippen molar-refractivity contribution in [2.24, 2.45) is 0 Å². The van der Waals surface area contributed by atoms with E-state index in [4.69, 9.17) is 4.74 Å². The van der Waals surface area contributed by atoms with Crippen LogP contribution < -0.4 is 10.1 Å². The summed E-state index contributed by atoms with van der Waals surface area (Å²) in [6, 6.07) is 9.31. The SMILES string of the molecule is Cc1ncsc1C(=O)NCc1ccc(Oc2cccc(F)c2)nc1. The number of hydrogen-bond acceptors (Lipinski definition) is 5. The highest BCUT2D eigenvalue weighted by Gasteiger charge is 2.11. The van der Waals surface area contributed by atoms with Crippen molar-refractivity contribution in [2.45, 2.75) is 13.5 Å². The Hall–Kier alpha value is -2.80. The van der Waals surface area contributed by atoms with Gasteiger partial charge < -0.3 is 10.1 Å². The summed E-state index contributed by atoms with van der Waals surface area (Å²) in [6.45, 7) is 2.15. The molecule has 2 aromatic heterocycles. The predicted octanol–water partition coefficient (Wildman–Crippen LogP) is 3.71. The number of amides is 1. The van der Waals surface area contributed by atoms with Gasteiger partial charge in [-0.2, -0.15) is 0 Å². The first-order chi connectivity index (χ1) is 11.6. The van der Waals surface area contributed by atoms with E-state index < -0.39 is 0 Å². The van der Waals surface area contributed by atoms with E-state index in [0.717, 1.165) is 11.3 Å². The summed E-state index contributed by atoms with van der Waals surface area (Å²) in [5.41, 5.74) is 3.19. The van der Waals surface area contributed by atoms with Crippen LogP contribution in [0, 0.1) is 12.7 Å². The van der Waals surface area contributed by atoms with Gasteiger partial charge in [-0.05, 0) is 24.6 Å². The summed E-state index contributed by atoms with van der Waals surface area (Å²) >= 11 is 1.31. The number of halogens is 1. The molecule has 0 saturated heterocycles. The number of nitrogens with one attached hydrogen (secondary N) is 1. The third-order valence-electron chi connectivity index (χ3n) is 3.22. The third kappa shape index (κ3) is 3.94. The third-order valence-corrected chi connectivity index (χ3v) is 4.15. The Kier molecular flexibility index (Phi) is 4.81. The monoisotopic (exact) mass is 343 g/mol. The summed E-state index contributed by atoms with van der Waals surface area (Å²) < 4.78 is 18.6. The average Bonchev–Trinajstić information content (AvgIpc) is 3.00. The van der Waals surface area contributed by atoms with E-state index in [2.05, 4.69) is 15.3 Å². The van der Waals surface area contributed by atoms with Gasteiger partial charge in [-0.3, -0.25) is 4.79 Å². The largest absolute Gasteiger partial charge is 0.439 e. The van der Waals surface area contributed by atoms with Crippen LogP contribution in [-0.2, 0) is 6.54 Å². The van der Waals surface area contributed by atoms with Crippen LogP contribution in [0.2, 0.25) is 0 Å². The van der Waals surface area contributed by atoms with Crippen LogP contribution in [0.25, 0.3) is 0 Å². The molecule has 0 atom stereocenters. The van der Waals surface area contributed by atoms with E-state index >= 15 is 0 Å². The van der Waals surface area contributed by atoms with Crippen LogP contribution in [0.4, 0.5) is 4.39 Å². The van der Waals surface area contributed by atoms with Gasteiger partial charge >= 0.3 is 0 Å². The zero-order chi connectivity index (χ0) is 16.9. The molecule has 24 heavy (non-hydrogen) atoms. The zero-order valence-electron chi connectivity index (χ0n) is 12.8. The Morgan fingerprint density at radius 3 is 2.83 bits per heavy atom. The second kappa shape index (κ2) is 7.18. The average molecular weight is 343 g/mol. The lowest BCUT2D eigenvalue weighted by Crippen LogP contribution is -2.22. The maximum Gasteiger partial charge on any atom is 0.263 e. The Labute approximate surface area is 142 Å². The molecule has 1 aromatic carbocycles. The number of benzene rings is 1. The molecule has 0 unspecified atom stereocenters. The molecule has 2 heterocycles. The summed E-state index contributed by atoms with van der Waals surface area (Å²) in [7, 11) is 0. The van der Waals surface area contributed by atoms with Crippen LogP contribution >= 0.6 is 11.3 Å². The molecule has 122 valence electrons. The van der Waals surface area contributed by atoms with E-state index in [1.54, 1.807) is 42.9 Å². The van der Waals surface area contributed by atoms with E-state index in [0.29, 0.717) is 23.1 Å². The number of aromatic nitrogens is 2. The highest BCUT2D eigenvalue weighted by Crippen LogP contribution is 2.20. The van der Waals surface area contributed by atoms with E-state index in [9.17, 15) is 9.18 Å². The summed E-state index contributed by atoms with van der Waals surface area (Å²) in [4.78, 5) is 20.8. The minimum absolute atomic E-state index is 0.157. The van der Waals surface area contributed by atoms with Gasteiger partial charge in [0.25, 0.3) is 5.91 Å². The van der Waals surface area contributed by atoms with E-state index in [-0.39, 0.29) is 11.7 Å². The molecule has 0 spiro atoms. The number of hydrogen-bond donors (Lipinski definition) is 1.